The molecule has 0 radical (unpaired) electrons. The molecule has 0 spiro atoms. The number of anilines is 1. The van der Waals surface area contributed by atoms with Crippen molar-refractivity contribution in [2.24, 2.45) is 0 Å². The third kappa shape index (κ3) is 4.10. The molecule has 5 nitrogen and oxygen atoms in total. The van der Waals surface area contributed by atoms with Gasteiger partial charge in [-0.15, -0.1) is 0 Å². The Hall–Kier alpha value is -1.89. The van der Waals surface area contributed by atoms with Gasteiger partial charge in [-0.2, -0.15) is 0 Å². The molecule has 0 aliphatic heterocycles. The van der Waals surface area contributed by atoms with E-state index in [-0.39, 0.29) is 6.54 Å². The van der Waals surface area contributed by atoms with E-state index in [2.05, 4.69) is 4.74 Å². The molecule has 0 N–H and O–H groups in total. The monoisotopic (exact) mass is 352 g/mol. The summed E-state index contributed by atoms with van der Waals surface area (Å²) >= 11 is 3.58. The van der Waals surface area contributed by atoms with Crippen molar-refractivity contribution in [3.8, 4) is 0 Å². The van der Waals surface area contributed by atoms with Crippen LogP contribution in [0, 0.1) is 6.92 Å². The summed E-state index contributed by atoms with van der Waals surface area (Å²) in [4.78, 5) is 11.6. The number of nitrogens with zero attached hydrogens (tertiary/aromatic N) is 1. The standard InChI is InChI=1S/C16H16ClNO4S/c1-11-14(17)7-4-8-15(11)18(23(20)21)10-12-5-3-6-13(9-12)16(19)22-2/h3-9H,10H2,1-2H3,(H,20,21)/p-1. The lowest BCUT2D eigenvalue weighted by molar-refractivity contribution is 0.0600. The van der Waals surface area contributed by atoms with Crippen LogP contribution in [0.25, 0.3) is 0 Å². The maximum Gasteiger partial charge on any atom is 0.337 e. The number of methoxy groups -OCH3 is 1. The van der Waals surface area contributed by atoms with Crippen LogP contribution in [0.15, 0.2) is 42.5 Å². The van der Waals surface area contributed by atoms with E-state index in [4.69, 9.17) is 11.6 Å². The molecule has 0 saturated carbocycles. The number of ether oxygens (including phenoxy) is 1. The molecule has 1 unspecified atom stereocenters. The van der Waals surface area contributed by atoms with Gasteiger partial charge in [-0.25, -0.2) is 4.79 Å². The summed E-state index contributed by atoms with van der Waals surface area (Å²) in [6.45, 7) is 1.84. The van der Waals surface area contributed by atoms with Crippen molar-refractivity contribution >= 4 is 34.5 Å². The number of carbonyl (C=O) groups excluding carboxylic acids is 1. The predicted octanol–water partition coefficient (Wildman–Crippen LogP) is 3.24. The number of hydrogen-bond donors (Lipinski definition) is 0. The summed E-state index contributed by atoms with van der Waals surface area (Å²) in [6, 6.07) is 11.7. The molecule has 23 heavy (non-hydrogen) atoms. The van der Waals surface area contributed by atoms with Crippen LogP contribution in [0.1, 0.15) is 21.5 Å². The van der Waals surface area contributed by atoms with Crippen LogP contribution in [-0.4, -0.2) is 21.8 Å². The van der Waals surface area contributed by atoms with Gasteiger partial charge in [0.2, 0.25) is 0 Å². The van der Waals surface area contributed by atoms with Gasteiger partial charge < -0.3 is 9.29 Å². The van der Waals surface area contributed by atoms with Gasteiger partial charge in [-0.1, -0.05) is 29.8 Å². The number of esters is 1. The summed E-state index contributed by atoms with van der Waals surface area (Å²) in [5.41, 5.74) is 2.19. The van der Waals surface area contributed by atoms with Crippen molar-refractivity contribution < 1.29 is 18.3 Å². The normalized spacial score (nSPS) is 11.8. The van der Waals surface area contributed by atoms with Crippen LogP contribution in [0.4, 0.5) is 5.69 Å². The van der Waals surface area contributed by atoms with Crippen molar-refractivity contribution in [3.05, 3.63) is 64.2 Å². The third-order valence-electron chi connectivity index (χ3n) is 3.36. The first-order valence-corrected chi connectivity index (χ1v) is 8.14. The highest BCUT2D eigenvalue weighted by Gasteiger charge is 2.14. The fraction of sp³-hybridized carbons (Fsp3) is 0.188. The Morgan fingerprint density at radius 1 is 1.30 bits per heavy atom. The van der Waals surface area contributed by atoms with Gasteiger partial charge in [0.25, 0.3) is 0 Å². The molecule has 0 heterocycles. The second kappa shape index (κ2) is 7.59. The highest BCUT2D eigenvalue weighted by molar-refractivity contribution is 7.80. The van der Waals surface area contributed by atoms with Gasteiger partial charge in [0, 0.05) is 16.3 Å². The van der Waals surface area contributed by atoms with E-state index in [1.54, 1.807) is 49.4 Å². The average molecular weight is 353 g/mol. The number of carbonyl (C=O) groups is 1. The molecule has 0 aliphatic rings. The van der Waals surface area contributed by atoms with Gasteiger partial charge >= 0.3 is 5.97 Å². The molecular formula is C16H15ClNO4S-. The van der Waals surface area contributed by atoms with E-state index in [9.17, 15) is 13.6 Å². The van der Waals surface area contributed by atoms with Gasteiger partial charge in [0.15, 0.2) is 0 Å². The summed E-state index contributed by atoms with van der Waals surface area (Å²) in [6.07, 6.45) is 0. The Kier molecular flexibility index (Phi) is 5.76. The minimum atomic E-state index is -2.48. The lowest BCUT2D eigenvalue weighted by Gasteiger charge is -2.28. The first kappa shape index (κ1) is 17.5. The zero-order valence-corrected chi connectivity index (χ0v) is 14.2. The molecule has 2 aromatic rings. The molecule has 2 aromatic carbocycles. The Labute approximate surface area is 142 Å². The number of hydrogen-bond acceptors (Lipinski definition) is 4. The lowest BCUT2D eigenvalue weighted by atomic mass is 10.1. The number of halogens is 1. The SMILES string of the molecule is COC(=O)c1cccc(CN(c2cccc(Cl)c2C)S(=O)[O-])c1. The molecule has 0 aliphatic carbocycles. The summed E-state index contributed by atoms with van der Waals surface area (Å²) in [5, 5.41) is 0.487. The van der Waals surface area contributed by atoms with Crippen LogP contribution in [0.2, 0.25) is 5.02 Å². The Morgan fingerprint density at radius 3 is 2.65 bits per heavy atom. The topological polar surface area (TPSA) is 69.7 Å². The van der Waals surface area contributed by atoms with Crippen LogP contribution < -0.4 is 4.31 Å². The van der Waals surface area contributed by atoms with Crippen molar-refractivity contribution in [1.29, 1.82) is 0 Å². The fourth-order valence-electron chi connectivity index (χ4n) is 2.16. The lowest BCUT2D eigenvalue weighted by Crippen LogP contribution is -2.25. The highest BCUT2D eigenvalue weighted by Crippen LogP contribution is 2.28. The Bertz CT molecular complexity index is 751. The number of rotatable bonds is 5. The Balaban J connectivity index is 2.36. The average Bonchev–Trinajstić information content (AvgIpc) is 2.55. The first-order valence-electron chi connectivity index (χ1n) is 6.73. The molecule has 122 valence electrons. The quantitative estimate of drug-likeness (QED) is 0.612. The van der Waals surface area contributed by atoms with Gasteiger partial charge in [-0.05, 0) is 42.3 Å². The second-order valence-corrected chi connectivity index (χ2v) is 6.11. The first-order chi connectivity index (χ1) is 10.9. The molecular weight excluding hydrogens is 338 g/mol. The third-order valence-corrected chi connectivity index (χ3v) is 4.46. The molecule has 1 atom stereocenters. The van der Waals surface area contributed by atoms with E-state index in [1.165, 1.54) is 11.4 Å². The predicted molar refractivity (Wildman–Crippen MR) is 89.1 cm³/mol. The van der Waals surface area contributed by atoms with E-state index in [1.807, 2.05) is 0 Å². The highest BCUT2D eigenvalue weighted by atomic mass is 35.5. The van der Waals surface area contributed by atoms with Gasteiger partial charge in [0.05, 0.1) is 24.9 Å². The maximum absolute atomic E-state index is 11.6. The fourth-order valence-corrected chi connectivity index (χ4v) is 2.95. The van der Waals surface area contributed by atoms with E-state index >= 15 is 0 Å². The molecule has 0 saturated heterocycles. The molecule has 0 bridgehead atoms. The molecule has 0 fully saturated rings. The largest absolute Gasteiger partial charge is 0.755 e. The van der Waals surface area contributed by atoms with Crippen molar-refractivity contribution in [2.45, 2.75) is 13.5 Å². The maximum atomic E-state index is 11.6. The molecule has 7 heteroatoms. The smallest absolute Gasteiger partial charge is 0.337 e. The Morgan fingerprint density at radius 2 is 2.00 bits per heavy atom. The van der Waals surface area contributed by atoms with Crippen molar-refractivity contribution in [2.75, 3.05) is 11.4 Å². The summed E-state index contributed by atoms with van der Waals surface area (Å²) < 4.78 is 29.1. The van der Waals surface area contributed by atoms with Crippen LogP contribution >= 0.6 is 11.6 Å². The number of benzene rings is 2. The summed E-state index contributed by atoms with van der Waals surface area (Å²) in [5.74, 6) is -0.472. The molecule has 2 rings (SSSR count). The van der Waals surface area contributed by atoms with Gasteiger partial charge in [-0.3, -0.25) is 8.51 Å². The molecule has 0 amide bonds. The van der Waals surface area contributed by atoms with E-state index in [0.29, 0.717) is 27.4 Å². The van der Waals surface area contributed by atoms with Crippen molar-refractivity contribution in [1.82, 2.24) is 0 Å². The summed E-state index contributed by atoms with van der Waals surface area (Å²) in [7, 11) is 1.29. The molecule has 0 aromatic heterocycles. The van der Waals surface area contributed by atoms with Crippen LogP contribution in [0.3, 0.4) is 0 Å². The zero-order chi connectivity index (χ0) is 17.0. The van der Waals surface area contributed by atoms with E-state index < -0.39 is 17.2 Å². The minimum Gasteiger partial charge on any atom is -0.755 e. The van der Waals surface area contributed by atoms with E-state index in [0.717, 1.165) is 0 Å². The van der Waals surface area contributed by atoms with Crippen molar-refractivity contribution in [3.63, 3.8) is 0 Å². The zero-order valence-electron chi connectivity index (χ0n) is 12.6. The minimum absolute atomic E-state index is 0.0854. The van der Waals surface area contributed by atoms with Gasteiger partial charge in [0.1, 0.15) is 0 Å². The van der Waals surface area contributed by atoms with Crippen LogP contribution in [-0.2, 0) is 22.5 Å². The second-order valence-electron chi connectivity index (χ2n) is 4.83. The van der Waals surface area contributed by atoms with Crippen LogP contribution in [0.5, 0.6) is 0 Å².